The number of likely N-dealkylation sites (tertiary alicyclic amines) is 2. The van der Waals surface area contributed by atoms with E-state index in [-0.39, 0.29) is 36.0 Å². The Labute approximate surface area is 394 Å². The van der Waals surface area contributed by atoms with E-state index in [0.717, 1.165) is 64.4 Å². The summed E-state index contributed by atoms with van der Waals surface area (Å²) in [6.07, 6.45) is 6.65. The van der Waals surface area contributed by atoms with E-state index < -0.39 is 12.1 Å². The Kier molecular flexibility index (Phi) is 13.2. The molecule has 4 atom stereocenters. The second-order valence-electron chi connectivity index (χ2n) is 17.6. The third kappa shape index (κ3) is 9.67. The number of hydrogen-bond acceptors (Lipinski definition) is 8. The van der Waals surface area contributed by atoms with E-state index in [4.69, 9.17) is 14.5 Å². The Hall–Kier alpha value is -7.48. The molecule has 4 N–H and O–H groups in total. The predicted molar refractivity (Wildman–Crippen MR) is 254 cm³/mol. The van der Waals surface area contributed by atoms with Crippen LogP contribution >= 0.6 is 0 Å². The Morgan fingerprint density at radius 1 is 0.588 bits per heavy atom. The average Bonchev–Trinajstić information content (AvgIpc) is 4.25. The second kappa shape index (κ2) is 20.2. The number of ether oxygens (including phenoxy) is 2. The molecule has 0 saturated carbocycles. The van der Waals surface area contributed by atoms with Crippen LogP contribution in [-0.4, -0.2) is 129 Å². The molecule has 4 saturated heterocycles. The highest BCUT2D eigenvalue weighted by molar-refractivity contribution is 5.90. The van der Waals surface area contributed by atoms with E-state index in [1.807, 2.05) is 94.9 Å². The molecule has 0 aliphatic carbocycles. The van der Waals surface area contributed by atoms with Gasteiger partial charge >= 0.3 is 12.1 Å². The van der Waals surface area contributed by atoms with Crippen molar-refractivity contribution in [2.24, 2.45) is 0 Å². The molecule has 0 radical (unpaired) electrons. The number of imidazole rings is 2. The van der Waals surface area contributed by atoms with Crippen LogP contribution in [0.5, 0.6) is 0 Å². The van der Waals surface area contributed by atoms with Gasteiger partial charge in [0.2, 0.25) is 11.8 Å². The average molecular weight is 915 g/mol. The Bertz CT molecular complexity index is 2830. The van der Waals surface area contributed by atoms with Crippen LogP contribution in [0.4, 0.5) is 9.59 Å². The molecule has 4 aliphatic heterocycles. The summed E-state index contributed by atoms with van der Waals surface area (Å²) in [5, 5.41) is 8.10. The van der Waals surface area contributed by atoms with Gasteiger partial charge < -0.3 is 49.7 Å². The molecule has 16 heteroatoms. The van der Waals surface area contributed by atoms with Crippen LogP contribution in [0.3, 0.4) is 0 Å². The van der Waals surface area contributed by atoms with E-state index in [0.29, 0.717) is 83.0 Å². The Balaban J connectivity index is 0.804. The number of morpholine rings is 2. The number of carbonyl (C=O) groups excluding carboxylic acids is 4. The van der Waals surface area contributed by atoms with Crippen LogP contribution in [0.2, 0.25) is 0 Å². The van der Waals surface area contributed by atoms with E-state index >= 15 is 0 Å². The maximum absolute atomic E-state index is 14.3. The number of nitrogens with zero attached hydrogens (tertiary/aromatic N) is 6. The first-order valence-corrected chi connectivity index (χ1v) is 23.5. The van der Waals surface area contributed by atoms with Crippen LogP contribution in [0.15, 0.2) is 109 Å². The van der Waals surface area contributed by atoms with Crippen molar-refractivity contribution in [3.8, 4) is 23.1 Å². The lowest BCUT2D eigenvalue weighted by Gasteiger charge is -2.32. The lowest BCUT2D eigenvalue weighted by atomic mass is 10.0. The summed E-state index contributed by atoms with van der Waals surface area (Å²) in [6, 6.07) is 28.3. The molecule has 0 spiro atoms. The number of amides is 6. The fourth-order valence-electron chi connectivity index (χ4n) is 9.64. The smallest absolute Gasteiger partial charge is 0.318 e. The van der Waals surface area contributed by atoms with Gasteiger partial charge in [0.15, 0.2) is 0 Å². The number of hydrogen-bond donors (Lipinski definition) is 4. The summed E-state index contributed by atoms with van der Waals surface area (Å²) < 4.78 is 10.9. The first-order chi connectivity index (χ1) is 33.4. The summed E-state index contributed by atoms with van der Waals surface area (Å²) >= 11 is 0. The number of benzene rings is 4. The number of aromatic nitrogens is 4. The first-order valence-electron chi connectivity index (χ1n) is 23.5. The molecule has 16 nitrogen and oxygen atoms in total. The van der Waals surface area contributed by atoms with Crippen molar-refractivity contribution < 1.29 is 28.7 Å². The number of rotatable bonds is 9. The van der Waals surface area contributed by atoms with Gasteiger partial charge in [0.1, 0.15) is 29.4 Å². The molecule has 6 aromatic rings. The fourth-order valence-corrected chi connectivity index (χ4v) is 9.64. The van der Waals surface area contributed by atoms with E-state index in [1.165, 1.54) is 0 Å². The zero-order chi connectivity index (χ0) is 46.4. The van der Waals surface area contributed by atoms with E-state index in [9.17, 15) is 19.2 Å². The number of carbonyl (C=O) groups is 4. The van der Waals surface area contributed by atoms with Crippen molar-refractivity contribution in [1.29, 1.82) is 0 Å². The topological polar surface area (TPSA) is 181 Å². The standard InChI is InChI=1S/C52H54N10O6/c63-49(45(36-9-3-1-4-10-36)57-51(65)59-23-27-67-28-24-59)61-21-7-13-43(61)47-53-33-41(55-47)20-16-35-15-17-39-32-40(19-18-38(39)31-35)42-34-54-48(56-42)44-14-8-22-62(44)50(64)46(37-11-5-2-6-12-37)58-52(66)60-25-29-68-30-26-60/h1-6,9-12,15,17-19,31-34,43-46H,7-8,13-14,21-30H2,(H,53,55)(H,54,56)(H,57,65)(H,58,66)/t43-,44-,45+,46+/m0/s1. The molecule has 10 rings (SSSR count). The third-order valence-corrected chi connectivity index (χ3v) is 13.3. The molecule has 6 heterocycles. The predicted octanol–water partition coefficient (Wildman–Crippen LogP) is 6.25. The highest BCUT2D eigenvalue weighted by Gasteiger charge is 2.39. The van der Waals surface area contributed by atoms with Crippen molar-refractivity contribution in [2.75, 3.05) is 65.7 Å². The monoisotopic (exact) mass is 914 g/mol. The van der Waals surface area contributed by atoms with Crippen LogP contribution in [-0.2, 0) is 19.1 Å². The van der Waals surface area contributed by atoms with Gasteiger partial charge in [0, 0.05) is 50.4 Å². The zero-order valence-corrected chi connectivity index (χ0v) is 37.7. The summed E-state index contributed by atoms with van der Waals surface area (Å²) in [6.45, 7) is 4.90. The van der Waals surface area contributed by atoms with Crippen molar-refractivity contribution in [1.82, 2.24) is 50.2 Å². The summed E-state index contributed by atoms with van der Waals surface area (Å²) in [7, 11) is 0. The molecule has 68 heavy (non-hydrogen) atoms. The SMILES string of the molecule is O=C(N[C@@H](C(=O)N1CCC[C@H]1c1ncc(C#Cc2ccc3cc(-c4cnc([C@@H]5CCCN5C(=O)[C@H](NC(=O)N5CCOCC5)c5ccccc5)[nH]4)ccc3c2)[nH]1)c1ccccc1)N1CCOCC1. The second-order valence-corrected chi connectivity index (χ2v) is 17.6. The lowest BCUT2D eigenvalue weighted by molar-refractivity contribution is -0.135. The van der Waals surface area contributed by atoms with Crippen molar-refractivity contribution in [2.45, 2.75) is 49.9 Å². The van der Waals surface area contributed by atoms with Crippen molar-refractivity contribution >= 4 is 34.6 Å². The van der Waals surface area contributed by atoms with Crippen LogP contribution in [0.25, 0.3) is 22.0 Å². The van der Waals surface area contributed by atoms with Gasteiger partial charge in [-0.25, -0.2) is 19.6 Å². The van der Waals surface area contributed by atoms with E-state index in [2.05, 4.69) is 55.6 Å². The van der Waals surface area contributed by atoms with Gasteiger partial charge in [-0.15, -0.1) is 0 Å². The Morgan fingerprint density at radius 2 is 1.10 bits per heavy atom. The van der Waals surface area contributed by atoms with Crippen molar-refractivity contribution in [3.63, 3.8) is 0 Å². The van der Waals surface area contributed by atoms with Gasteiger partial charge in [-0.2, -0.15) is 0 Å². The highest BCUT2D eigenvalue weighted by Crippen LogP contribution is 2.36. The number of aromatic amines is 2. The number of fused-ring (bicyclic) bond motifs is 1. The summed E-state index contributed by atoms with van der Waals surface area (Å²) in [4.78, 5) is 78.6. The van der Waals surface area contributed by atoms with Gasteiger partial charge in [-0.05, 0) is 71.7 Å². The number of urea groups is 2. The fraction of sp³-hybridized carbons (Fsp3) is 0.346. The van der Waals surface area contributed by atoms with Gasteiger partial charge in [-0.1, -0.05) is 84.8 Å². The molecule has 348 valence electrons. The normalized spacial score (nSPS) is 19.3. The van der Waals surface area contributed by atoms with Gasteiger partial charge in [-0.3, -0.25) is 9.59 Å². The zero-order valence-electron chi connectivity index (χ0n) is 37.7. The minimum atomic E-state index is -0.843. The van der Waals surface area contributed by atoms with Gasteiger partial charge in [0.25, 0.3) is 0 Å². The maximum Gasteiger partial charge on any atom is 0.318 e. The highest BCUT2D eigenvalue weighted by atomic mass is 16.5. The molecule has 0 unspecified atom stereocenters. The first kappa shape index (κ1) is 44.4. The summed E-state index contributed by atoms with van der Waals surface area (Å²) in [5.41, 5.74) is 4.74. The lowest BCUT2D eigenvalue weighted by Crippen LogP contribution is -2.50. The molecule has 4 aromatic carbocycles. The molecule has 4 aliphatic rings. The molecule has 6 amide bonds. The molecular formula is C52H54N10O6. The number of H-pyrrole nitrogens is 2. The minimum Gasteiger partial charge on any atom is -0.378 e. The third-order valence-electron chi connectivity index (χ3n) is 13.3. The largest absolute Gasteiger partial charge is 0.378 e. The van der Waals surface area contributed by atoms with Crippen LogP contribution in [0.1, 0.15) is 83.9 Å². The Morgan fingerprint density at radius 3 is 1.68 bits per heavy atom. The van der Waals surface area contributed by atoms with Crippen LogP contribution < -0.4 is 10.6 Å². The molecule has 2 aromatic heterocycles. The molecule has 0 bridgehead atoms. The molecule has 4 fully saturated rings. The maximum atomic E-state index is 14.3. The van der Waals surface area contributed by atoms with Crippen LogP contribution in [0, 0.1) is 11.8 Å². The minimum absolute atomic E-state index is 0.163. The quantitative estimate of drug-likeness (QED) is 0.123. The number of nitrogens with one attached hydrogen (secondary N) is 4. The van der Waals surface area contributed by atoms with Gasteiger partial charge in [0.05, 0.1) is 56.6 Å². The van der Waals surface area contributed by atoms with Crippen molar-refractivity contribution in [3.05, 3.63) is 143 Å². The molecular weight excluding hydrogens is 861 g/mol. The van der Waals surface area contributed by atoms with E-state index in [1.54, 1.807) is 16.0 Å². The summed E-state index contributed by atoms with van der Waals surface area (Å²) in [5.74, 6) is 7.54.